The van der Waals surface area contributed by atoms with Gasteiger partial charge in [-0.25, -0.2) is 4.79 Å². The molecule has 0 amide bonds. The molecule has 0 aliphatic heterocycles. The minimum absolute atomic E-state index is 0.0850. The number of carboxylic acid groups (broad SMARTS) is 1. The summed E-state index contributed by atoms with van der Waals surface area (Å²) in [5.41, 5.74) is -0.159. The molecule has 6 heteroatoms. The van der Waals surface area contributed by atoms with Gasteiger partial charge in [-0.05, 0) is 12.1 Å². The first-order valence-electron chi connectivity index (χ1n) is 4.34. The summed E-state index contributed by atoms with van der Waals surface area (Å²) in [5.74, 6) is -2.75. The third-order valence-corrected chi connectivity index (χ3v) is 2.04. The van der Waals surface area contributed by atoms with Crippen LogP contribution in [-0.4, -0.2) is 30.4 Å². The van der Waals surface area contributed by atoms with Gasteiger partial charge in [0, 0.05) is 5.56 Å². The van der Waals surface area contributed by atoms with Crippen LogP contribution in [0.1, 0.15) is 11.7 Å². The van der Waals surface area contributed by atoms with E-state index in [0.29, 0.717) is 0 Å². The molecule has 1 unspecified atom stereocenters. The van der Waals surface area contributed by atoms with Crippen molar-refractivity contribution < 1.29 is 28.9 Å². The molecule has 16 heavy (non-hydrogen) atoms. The van der Waals surface area contributed by atoms with Crippen LogP contribution < -0.4 is 9.47 Å². The lowest BCUT2D eigenvalue weighted by Crippen LogP contribution is -2.12. The zero-order valence-electron chi connectivity index (χ0n) is 8.73. The molecule has 0 aromatic heterocycles. The van der Waals surface area contributed by atoms with Crippen molar-refractivity contribution in [3.63, 3.8) is 0 Å². The van der Waals surface area contributed by atoms with Gasteiger partial charge in [0.2, 0.25) is 5.82 Å². The predicted molar refractivity (Wildman–Crippen MR) is 52.1 cm³/mol. The van der Waals surface area contributed by atoms with Crippen LogP contribution in [0.4, 0.5) is 4.39 Å². The van der Waals surface area contributed by atoms with Crippen molar-refractivity contribution in [3.05, 3.63) is 23.5 Å². The van der Waals surface area contributed by atoms with Crippen LogP contribution in [0, 0.1) is 5.82 Å². The van der Waals surface area contributed by atoms with E-state index in [1.807, 2.05) is 0 Å². The maximum Gasteiger partial charge on any atom is 0.337 e. The van der Waals surface area contributed by atoms with E-state index in [-0.39, 0.29) is 17.1 Å². The highest BCUT2D eigenvalue weighted by molar-refractivity contribution is 5.75. The Hall–Kier alpha value is -1.82. The first-order valence-corrected chi connectivity index (χ1v) is 4.34. The summed E-state index contributed by atoms with van der Waals surface area (Å²) in [4.78, 5) is 10.6. The molecule has 0 aliphatic rings. The number of rotatable bonds is 4. The minimum Gasteiger partial charge on any atom is -0.494 e. The number of carbonyl (C=O) groups is 1. The third kappa shape index (κ3) is 2.06. The van der Waals surface area contributed by atoms with Crippen molar-refractivity contribution in [3.8, 4) is 11.5 Å². The molecular weight excluding hydrogens is 219 g/mol. The van der Waals surface area contributed by atoms with Crippen molar-refractivity contribution in [2.45, 2.75) is 6.10 Å². The predicted octanol–water partition coefficient (Wildman–Crippen LogP) is 0.961. The van der Waals surface area contributed by atoms with Gasteiger partial charge in [-0.3, -0.25) is 0 Å². The van der Waals surface area contributed by atoms with Crippen LogP contribution in [0.15, 0.2) is 12.1 Å². The highest BCUT2D eigenvalue weighted by atomic mass is 19.1. The number of hydrogen-bond acceptors (Lipinski definition) is 4. The molecular formula is C10H11FO5. The second-order valence-electron chi connectivity index (χ2n) is 2.95. The molecule has 0 fully saturated rings. The lowest BCUT2D eigenvalue weighted by atomic mass is 10.1. The number of benzene rings is 1. The Morgan fingerprint density at radius 1 is 1.38 bits per heavy atom. The number of halogens is 1. The maximum atomic E-state index is 13.6. The molecule has 0 heterocycles. The van der Waals surface area contributed by atoms with E-state index in [9.17, 15) is 14.3 Å². The average Bonchev–Trinajstić information content (AvgIpc) is 2.27. The Labute approximate surface area is 91.0 Å². The minimum atomic E-state index is -1.84. The summed E-state index contributed by atoms with van der Waals surface area (Å²) in [6.45, 7) is 0. The van der Waals surface area contributed by atoms with Crippen LogP contribution in [0.25, 0.3) is 0 Å². The number of aliphatic hydroxyl groups is 1. The van der Waals surface area contributed by atoms with Crippen molar-refractivity contribution in [1.82, 2.24) is 0 Å². The van der Waals surface area contributed by atoms with Gasteiger partial charge in [-0.15, -0.1) is 0 Å². The van der Waals surface area contributed by atoms with Crippen LogP contribution in [0.3, 0.4) is 0 Å². The zero-order valence-corrected chi connectivity index (χ0v) is 8.73. The summed E-state index contributed by atoms with van der Waals surface area (Å²) in [5, 5.41) is 17.9. The number of aliphatic hydroxyl groups excluding tert-OH is 1. The largest absolute Gasteiger partial charge is 0.494 e. The van der Waals surface area contributed by atoms with E-state index in [1.165, 1.54) is 26.4 Å². The van der Waals surface area contributed by atoms with E-state index in [2.05, 4.69) is 0 Å². The van der Waals surface area contributed by atoms with Gasteiger partial charge < -0.3 is 19.7 Å². The normalized spacial score (nSPS) is 12.0. The number of carboxylic acids is 1. The first kappa shape index (κ1) is 12.3. The molecule has 0 spiro atoms. The monoisotopic (exact) mass is 230 g/mol. The fraction of sp³-hybridized carbons (Fsp3) is 0.300. The Kier molecular flexibility index (Phi) is 3.68. The molecule has 0 bridgehead atoms. The second kappa shape index (κ2) is 4.80. The second-order valence-corrected chi connectivity index (χ2v) is 2.95. The van der Waals surface area contributed by atoms with E-state index in [4.69, 9.17) is 14.6 Å². The van der Waals surface area contributed by atoms with Crippen LogP contribution in [0.5, 0.6) is 11.5 Å². The number of methoxy groups -OCH3 is 2. The van der Waals surface area contributed by atoms with Gasteiger partial charge in [-0.2, -0.15) is 4.39 Å². The summed E-state index contributed by atoms with van der Waals surface area (Å²) in [6.07, 6.45) is -1.84. The van der Waals surface area contributed by atoms with E-state index < -0.39 is 17.9 Å². The lowest BCUT2D eigenvalue weighted by Gasteiger charge is -2.13. The van der Waals surface area contributed by atoms with Gasteiger partial charge in [0.05, 0.1) is 14.2 Å². The molecule has 1 aromatic rings. The molecule has 0 aliphatic carbocycles. The zero-order chi connectivity index (χ0) is 12.3. The number of hydrogen-bond donors (Lipinski definition) is 2. The van der Waals surface area contributed by atoms with Crippen molar-refractivity contribution in [2.24, 2.45) is 0 Å². The van der Waals surface area contributed by atoms with Crippen molar-refractivity contribution in [1.29, 1.82) is 0 Å². The van der Waals surface area contributed by atoms with Crippen molar-refractivity contribution >= 4 is 5.97 Å². The van der Waals surface area contributed by atoms with Gasteiger partial charge >= 0.3 is 5.97 Å². The smallest absolute Gasteiger partial charge is 0.337 e. The number of aliphatic carboxylic acids is 1. The molecule has 5 nitrogen and oxygen atoms in total. The average molecular weight is 230 g/mol. The highest BCUT2D eigenvalue weighted by Gasteiger charge is 2.24. The molecule has 2 N–H and O–H groups in total. The molecule has 1 aromatic carbocycles. The molecule has 1 rings (SSSR count). The summed E-state index contributed by atoms with van der Waals surface area (Å²) in [7, 11) is 2.45. The van der Waals surface area contributed by atoms with Gasteiger partial charge in [0.25, 0.3) is 0 Å². The standard InChI is InChI=1S/C10H11FO5/c1-15-6-4-3-5(8(12)10(13)14)9(16-2)7(6)11/h3-4,8,12H,1-2H3,(H,13,14). The summed E-state index contributed by atoms with van der Waals surface area (Å²) < 4.78 is 23.0. The highest BCUT2D eigenvalue weighted by Crippen LogP contribution is 2.33. The summed E-state index contributed by atoms with van der Waals surface area (Å²) in [6, 6.07) is 2.46. The fourth-order valence-corrected chi connectivity index (χ4v) is 1.27. The van der Waals surface area contributed by atoms with Crippen molar-refractivity contribution in [2.75, 3.05) is 14.2 Å². The molecule has 0 saturated carbocycles. The van der Waals surface area contributed by atoms with Gasteiger partial charge in [0.1, 0.15) is 0 Å². The maximum absolute atomic E-state index is 13.6. The fourth-order valence-electron chi connectivity index (χ4n) is 1.27. The van der Waals surface area contributed by atoms with E-state index in [0.717, 1.165) is 0 Å². The first-order chi connectivity index (χ1) is 7.52. The molecule has 0 radical (unpaired) electrons. The molecule has 1 atom stereocenters. The van der Waals surface area contributed by atoms with E-state index in [1.54, 1.807) is 0 Å². The number of ether oxygens (including phenoxy) is 2. The molecule has 0 saturated heterocycles. The Bertz CT molecular complexity index is 404. The molecule has 88 valence electrons. The van der Waals surface area contributed by atoms with Crippen LogP contribution >= 0.6 is 0 Å². The van der Waals surface area contributed by atoms with Gasteiger partial charge in [0.15, 0.2) is 17.6 Å². The summed E-state index contributed by atoms with van der Waals surface area (Å²) >= 11 is 0. The van der Waals surface area contributed by atoms with Crippen LogP contribution in [0.2, 0.25) is 0 Å². The Balaban J connectivity index is 3.31. The van der Waals surface area contributed by atoms with Gasteiger partial charge in [-0.1, -0.05) is 0 Å². The van der Waals surface area contributed by atoms with Crippen LogP contribution in [-0.2, 0) is 4.79 Å². The lowest BCUT2D eigenvalue weighted by molar-refractivity contribution is -0.147. The Morgan fingerprint density at radius 2 is 2.00 bits per heavy atom. The topological polar surface area (TPSA) is 76.0 Å². The Morgan fingerprint density at radius 3 is 2.44 bits per heavy atom. The van der Waals surface area contributed by atoms with E-state index >= 15 is 0 Å². The SMILES string of the molecule is COc1ccc(C(O)C(=O)O)c(OC)c1F. The third-order valence-electron chi connectivity index (χ3n) is 2.04. The quantitative estimate of drug-likeness (QED) is 0.805.